The molecule has 0 aliphatic heterocycles. The minimum atomic E-state index is -5.09. The monoisotopic (exact) mass is 503 g/mol. The molecule has 0 bridgehead atoms. The first-order chi connectivity index (χ1) is 15.4. The largest absolute Gasteiger partial charge is 0.512 e. The van der Waals surface area contributed by atoms with E-state index in [-0.39, 0.29) is 33.2 Å². The number of pyridine rings is 1. The molecule has 8 nitrogen and oxygen atoms in total. The quantitative estimate of drug-likeness (QED) is 0.330. The lowest BCUT2D eigenvalue weighted by Crippen LogP contribution is -2.46. The van der Waals surface area contributed by atoms with Crippen LogP contribution in [0.25, 0.3) is 0 Å². The molecule has 2 aromatic heterocycles. The van der Waals surface area contributed by atoms with E-state index in [9.17, 15) is 23.1 Å². The van der Waals surface area contributed by atoms with Gasteiger partial charge in [-0.1, -0.05) is 30.1 Å². The number of ether oxygens (including phenoxy) is 2. The van der Waals surface area contributed by atoms with Crippen LogP contribution in [-0.2, 0) is 5.60 Å². The van der Waals surface area contributed by atoms with Gasteiger partial charge in [0.1, 0.15) is 10.9 Å². The number of aliphatic hydroxyl groups is 1. The Morgan fingerprint density at radius 3 is 2.30 bits per heavy atom. The second-order valence-corrected chi connectivity index (χ2v) is 7.51. The van der Waals surface area contributed by atoms with E-state index in [1.807, 2.05) is 0 Å². The molecule has 33 heavy (non-hydrogen) atoms. The predicted octanol–water partition coefficient (Wildman–Crippen LogP) is 5.58. The number of nitrogens with zero attached hydrogens (tertiary/aromatic N) is 3. The van der Waals surface area contributed by atoms with Gasteiger partial charge in [-0.15, -0.1) is 10.2 Å². The molecule has 174 valence electrons. The highest BCUT2D eigenvalue weighted by Crippen LogP contribution is 2.50. The SMILES string of the molecule is CC(c1cc(Oc2ccc(OC(=O)O)nn2)ccc1Cl)C(O)(c1ccnc(Cl)c1)C(F)(F)F. The minimum absolute atomic E-state index is 0.0414. The van der Waals surface area contributed by atoms with Crippen molar-refractivity contribution in [3.63, 3.8) is 0 Å². The van der Waals surface area contributed by atoms with Crippen LogP contribution in [0, 0.1) is 0 Å². The fourth-order valence-electron chi connectivity index (χ4n) is 3.07. The van der Waals surface area contributed by atoms with E-state index in [2.05, 4.69) is 19.9 Å². The Morgan fingerprint density at radius 1 is 1.06 bits per heavy atom. The molecule has 0 radical (unpaired) electrons. The van der Waals surface area contributed by atoms with E-state index in [1.54, 1.807) is 0 Å². The summed E-state index contributed by atoms with van der Waals surface area (Å²) in [5.74, 6) is -1.95. The van der Waals surface area contributed by atoms with Gasteiger partial charge in [0.2, 0.25) is 11.8 Å². The van der Waals surface area contributed by atoms with Crippen LogP contribution < -0.4 is 9.47 Å². The van der Waals surface area contributed by atoms with Crippen LogP contribution >= 0.6 is 23.2 Å². The zero-order valence-electron chi connectivity index (χ0n) is 16.5. The fraction of sp³-hybridized carbons (Fsp3) is 0.200. The zero-order chi connectivity index (χ0) is 24.4. The number of carbonyl (C=O) groups is 1. The Hall–Kier alpha value is -3.15. The maximum absolute atomic E-state index is 14.1. The van der Waals surface area contributed by atoms with Crippen molar-refractivity contribution in [1.29, 1.82) is 0 Å². The van der Waals surface area contributed by atoms with E-state index in [0.29, 0.717) is 0 Å². The van der Waals surface area contributed by atoms with Crippen molar-refractivity contribution in [3.8, 4) is 17.5 Å². The van der Waals surface area contributed by atoms with Gasteiger partial charge in [-0.25, -0.2) is 9.78 Å². The summed E-state index contributed by atoms with van der Waals surface area (Å²) >= 11 is 11.9. The van der Waals surface area contributed by atoms with Crippen molar-refractivity contribution in [2.75, 3.05) is 0 Å². The molecule has 0 spiro atoms. The van der Waals surface area contributed by atoms with E-state index >= 15 is 0 Å². The Balaban J connectivity index is 1.96. The highest BCUT2D eigenvalue weighted by molar-refractivity contribution is 6.31. The molecule has 2 unspecified atom stereocenters. The van der Waals surface area contributed by atoms with Gasteiger partial charge >= 0.3 is 12.3 Å². The average molecular weight is 504 g/mol. The molecular formula is C20H14Cl2F3N3O5. The predicted molar refractivity (Wildman–Crippen MR) is 110 cm³/mol. The van der Waals surface area contributed by atoms with Crippen LogP contribution in [0.3, 0.4) is 0 Å². The Labute approximate surface area is 194 Å². The summed E-state index contributed by atoms with van der Waals surface area (Å²) in [7, 11) is 0. The van der Waals surface area contributed by atoms with Crippen LogP contribution in [0.4, 0.5) is 18.0 Å². The first-order valence-corrected chi connectivity index (χ1v) is 9.80. The third-order valence-electron chi connectivity index (χ3n) is 4.69. The van der Waals surface area contributed by atoms with Crippen molar-refractivity contribution >= 4 is 29.4 Å². The molecule has 2 atom stereocenters. The van der Waals surface area contributed by atoms with Crippen molar-refractivity contribution in [2.24, 2.45) is 0 Å². The number of alkyl halides is 3. The lowest BCUT2D eigenvalue weighted by atomic mass is 9.78. The van der Waals surface area contributed by atoms with E-state index in [1.165, 1.54) is 30.3 Å². The number of hydrogen-bond acceptors (Lipinski definition) is 7. The molecule has 0 fully saturated rings. The molecule has 3 rings (SSSR count). The molecule has 2 heterocycles. The van der Waals surface area contributed by atoms with E-state index in [4.69, 9.17) is 33.0 Å². The summed E-state index contributed by atoms with van der Waals surface area (Å²) in [5.41, 5.74) is -3.93. The lowest BCUT2D eigenvalue weighted by Gasteiger charge is -2.37. The second-order valence-electron chi connectivity index (χ2n) is 6.72. The third kappa shape index (κ3) is 5.27. The summed E-state index contributed by atoms with van der Waals surface area (Å²) in [6.45, 7) is 1.16. The van der Waals surface area contributed by atoms with Crippen molar-refractivity contribution in [2.45, 2.75) is 24.6 Å². The summed E-state index contributed by atoms with van der Waals surface area (Å²) in [4.78, 5) is 14.2. The Kier molecular flexibility index (Phi) is 6.96. The topological polar surface area (TPSA) is 115 Å². The summed E-state index contributed by atoms with van der Waals surface area (Å²) in [6.07, 6.45) is -5.62. The molecular weight excluding hydrogens is 490 g/mol. The van der Waals surface area contributed by atoms with Crippen molar-refractivity contribution in [1.82, 2.24) is 15.2 Å². The van der Waals surface area contributed by atoms with Gasteiger partial charge in [0, 0.05) is 29.3 Å². The number of rotatable bonds is 6. The van der Waals surface area contributed by atoms with Gasteiger partial charge in [0.05, 0.1) is 0 Å². The molecule has 0 saturated carbocycles. The summed E-state index contributed by atoms with van der Waals surface area (Å²) in [5, 5.41) is 26.3. The molecule has 2 N–H and O–H groups in total. The number of hydrogen-bond donors (Lipinski definition) is 2. The van der Waals surface area contributed by atoms with Gasteiger partial charge < -0.3 is 19.7 Å². The molecule has 3 aromatic rings. The normalized spacial score (nSPS) is 14.3. The third-order valence-corrected chi connectivity index (χ3v) is 5.24. The van der Waals surface area contributed by atoms with Crippen LogP contribution in [-0.4, -0.2) is 37.7 Å². The number of benzene rings is 1. The molecule has 0 aliphatic carbocycles. The molecule has 0 amide bonds. The van der Waals surface area contributed by atoms with Crippen molar-refractivity contribution in [3.05, 3.63) is 70.0 Å². The zero-order valence-corrected chi connectivity index (χ0v) is 18.1. The molecule has 0 aliphatic rings. The van der Waals surface area contributed by atoms with Crippen LogP contribution in [0.15, 0.2) is 48.7 Å². The van der Waals surface area contributed by atoms with E-state index < -0.39 is 29.4 Å². The van der Waals surface area contributed by atoms with E-state index in [0.717, 1.165) is 25.3 Å². The smallest absolute Gasteiger partial charge is 0.449 e. The standard InChI is InChI=1S/C20H14Cl2F3N3O5/c1-10(19(31,20(23,24)25)11-6-7-26-15(22)8-11)13-9-12(2-3-14(13)21)32-16-4-5-17(28-27-16)33-18(29)30/h2-10,31H,1H3,(H,29,30). The highest BCUT2D eigenvalue weighted by Gasteiger charge is 2.59. The van der Waals surface area contributed by atoms with Gasteiger partial charge in [0.15, 0.2) is 5.60 Å². The lowest BCUT2D eigenvalue weighted by molar-refractivity contribution is -0.274. The van der Waals surface area contributed by atoms with Crippen LogP contribution in [0.5, 0.6) is 17.5 Å². The first kappa shape index (κ1) is 24.5. The highest BCUT2D eigenvalue weighted by atomic mass is 35.5. The molecule has 13 heteroatoms. The van der Waals surface area contributed by atoms with Gasteiger partial charge in [0.25, 0.3) is 0 Å². The van der Waals surface area contributed by atoms with Gasteiger partial charge in [-0.3, -0.25) is 0 Å². The number of aromatic nitrogens is 3. The van der Waals surface area contributed by atoms with Gasteiger partial charge in [-0.2, -0.15) is 13.2 Å². The van der Waals surface area contributed by atoms with Gasteiger partial charge in [-0.05, 0) is 41.5 Å². The molecule has 0 saturated heterocycles. The van der Waals surface area contributed by atoms with Crippen molar-refractivity contribution < 1.29 is 37.7 Å². The first-order valence-electron chi connectivity index (χ1n) is 9.04. The summed E-state index contributed by atoms with van der Waals surface area (Å²) < 4.78 is 52.1. The maximum atomic E-state index is 14.1. The second kappa shape index (κ2) is 9.38. The number of carboxylic acid groups (broad SMARTS) is 1. The fourth-order valence-corrected chi connectivity index (χ4v) is 3.52. The van der Waals surface area contributed by atoms with Crippen LogP contribution in [0.2, 0.25) is 10.2 Å². The van der Waals surface area contributed by atoms with Crippen LogP contribution in [0.1, 0.15) is 24.0 Å². The Morgan fingerprint density at radius 2 is 1.73 bits per heavy atom. The molecule has 1 aromatic carbocycles. The minimum Gasteiger partial charge on any atom is -0.449 e. The number of halogens is 5. The average Bonchev–Trinajstić information content (AvgIpc) is 2.74. The summed E-state index contributed by atoms with van der Waals surface area (Å²) in [6, 6.07) is 8.25. The maximum Gasteiger partial charge on any atom is 0.512 e. The Bertz CT molecular complexity index is 1160.